The molecule has 0 unspecified atom stereocenters. The molecular formula is C24H27ClN4O2. The largest absolute Gasteiger partial charge is 0.381 e. The molecule has 1 aliphatic heterocycles. The summed E-state index contributed by atoms with van der Waals surface area (Å²) in [6, 6.07) is 12.1. The molecule has 1 spiro atoms. The Hall–Kier alpha value is -2.57. The predicted octanol–water partition coefficient (Wildman–Crippen LogP) is 4.10. The van der Waals surface area contributed by atoms with Gasteiger partial charge >= 0.3 is 0 Å². The molecule has 1 aromatic carbocycles. The van der Waals surface area contributed by atoms with E-state index in [0.29, 0.717) is 35.2 Å². The topological polar surface area (TPSA) is 58.9 Å². The molecule has 1 saturated heterocycles. The summed E-state index contributed by atoms with van der Waals surface area (Å²) in [6.07, 6.45) is 5.23. The highest BCUT2D eigenvalue weighted by Gasteiger charge is 2.52. The number of carbonyl (C=O) groups excluding carboxylic acids is 1. The van der Waals surface area contributed by atoms with Crippen LogP contribution in [0.15, 0.2) is 42.6 Å². The first-order chi connectivity index (χ1) is 15.0. The molecule has 0 radical (unpaired) electrons. The van der Waals surface area contributed by atoms with Crippen molar-refractivity contribution >= 4 is 28.8 Å². The zero-order valence-electron chi connectivity index (χ0n) is 17.9. The fourth-order valence-corrected chi connectivity index (χ4v) is 5.08. The van der Waals surface area contributed by atoms with Gasteiger partial charge in [-0.1, -0.05) is 30.7 Å². The Balaban J connectivity index is 1.22. The second kappa shape index (κ2) is 7.84. The van der Waals surface area contributed by atoms with E-state index in [1.165, 1.54) is 18.5 Å². The third kappa shape index (κ3) is 3.68. The fourth-order valence-electron chi connectivity index (χ4n) is 4.92. The van der Waals surface area contributed by atoms with Crippen LogP contribution in [0.4, 0.5) is 5.69 Å². The highest BCUT2D eigenvalue weighted by molar-refractivity contribution is 6.30. The monoisotopic (exact) mass is 438 g/mol. The highest BCUT2D eigenvalue weighted by atomic mass is 35.5. The van der Waals surface area contributed by atoms with E-state index in [1.54, 1.807) is 23.8 Å². The number of aromatic nitrogens is 2. The number of nitrogens with one attached hydrogen (secondary N) is 1. The molecule has 2 aliphatic rings. The molecule has 5 rings (SSSR count). The van der Waals surface area contributed by atoms with Gasteiger partial charge < -0.3 is 15.0 Å². The maximum Gasteiger partial charge on any atom is 0.270 e. The van der Waals surface area contributed by atoms with Gasteiger partial charge in [0.1, 0.15) is 11.3 Å². The van der Waals surface area contributed by atoms with Crippen molar-refractivity contribution in [2.45, 2.75) is 38.8 Å². The van der Waals surface area contributed by atoms with Crippen LogP contribution >= 0.6 is 11.6 Å². The number of benzene rings is 1. The second-order valence-electron chi connectivity index (χ2n) is 8.81. The average Bonchev–Trinajstić information content (AvgIpc) is 3.09. The van der Waals surface area contributed by atoms with Crippen molar-refractivity contribution in [3.05, 3.63) is 64.6 Å². The lowest BCUT2D eigenvalue weighted by molar-refractivity contribution is -0.0731. The van der Waals surface area contributed by atoms with Crippen molar-refractivity contribution in [3.63, 3.8) is 0 Å². The van der Waals surface area contributed by atoms with Crippen molar-refractivity contribution < 1.29 is 9.53 Å². The molecule has 31 heavy (non-hydrogen) atoms. The van der Waals surface area contributed by atoms with Gasteiger partial charge in [-0.2, -0.15) is 0 Å². The summed E-state index contributed by atoms with van der Waals surface area (Å²) in [5, 5.41) is 3.61. The average molecular weight is 439 g/mol. The van der Waals surface area contributed by atoms with Gasteiger partial charge in [0.2, 0.25) is 0 Å². The van der Waals surface area contributed by atoms with E-state index in [1.807, 2.05) is 13.0 Å². The number of halogens is 1. The quantitative estimate of drug-likeness (QED) is 0.629. The van der Waals surface area contributed by atoms with Gasteiger partial charge in [0.15, 0.2) is 0 Å². The highest BCUT2D eigenvalue weighted by Crippen LogP contribution is 2.50. The number of hydrogen-bond acceptors (Lipinski definition) is 4. The number of pyridine rings is 1. The van der Waals surface area contributed by atoms with Crippen LogP contribution in [0.2, 0.25) is 5.02 Å². The summed E-state index contributed by atoms with van der Waals surface area (Å²) < 4.78 is 7.20. The third-order valence-corrected chi connectivity index (χ3v) is 6.89. The lowest BCUT2D eigenvalue weighted by Gasteiger charge is -2.59. The maximum atomic E-state index is 12.9. The van der Waals surface area contributed by atoms with Gasteiger partial charge in [0.05, 0.1) is 16.8 Å². The van der Waals surface area contributed by atoms with E-state index in [9.17, 15) is 4.79 Å². The number of nitrogens with zero attached hydrogens (tertiary/aromatic N) is 3. The van der Waals surface area contributed by atoms with E-state index < -0.39 is 0 Å². The van der Waals surface area contributed by atoms with Gasteiger partial charge in [-0.25, -0.2) is 4.98 Å². The molecule has 7 heteroatoms. The van der Waals surface area contributed by atoms with Crippen molar-refractivity contribution in [3.8, 4) is 0 Å². The predicted molar refractivity (Wildman–Crippen MR) is 122 cm³/mol. The number of carbonyl (C=O) groups is 1. The number of ether oxygens (including phenoxy) is 1. The molecule has 2 aromatic heterocycles. The van der Waals surface area contributed by atoms with Crippen LogP contribution in [0.3, 0.4) is 0 Å². The van der Waals surface area contributed by atoms with Crippen LogP contribution in [0.25, 0.3) is 5.65 Å². The molecule has 3 heterocycles. The fraction of sp³-hybridized carbons (Fsp3) is 0.417. The summed E-state index contributed by atoms with van der Waals surface area (Å²) in [5.74, 6) is -0.141. The van der Waals surface area contributed by atoms with Crippen LogP contribution < -0.4 is 10.2 Å². The number of imidazole rings is 1. The first-order valence-corrected chi connectivity index (χ1v) is 11.2. The lowest BCUT2D eigenvalue weighted by atomic mass is 9.61. The van der Waals surface area contributed by atoms with Crippen LogP contribution in [0.5, 0.6) is 0 Å². The van der Waals surface area contributed by atoms with E-state index >= 15 is 0 Å². The van der Waals surface area contributed by atoms with Crippen LogP contribution in [0, 0.1) is 5.41 Å². The molecule has 0 atom stereocenters. The van der Waals surface area contributed by atoms with Crippen molar-refractivity contribution in [1.29, 1.82) is 0 Å². The first kappa shape index (κ1) is 20.3. The van der Waals surface area contributed by atoms with Gasteiger partial charge in [0.25, 0.3) is 5.91 Å². The SMILES string of the molecule is CCc1nc2ccc(Cl)cn2c1C(=O)NCc1ccc(N2CC3(CC(OC)C3)C2)cc1. The first-order valence-electron chi connectivity index (χ1n) is 10.8. The Kier molecular flexibility index (Phi) is 5.15. The van der Waals surface area contributed by atoms with Crippen LogP contribution in [-0.4, -0.2) is 41.6 Å². The van der Waals surface area contributed by atoms with E-state index in [-0.39, 0.29) is 5.91 Å². The Bertz CT molecular complexity index is 1110. The Morgan fingerprint density at radius 2 is 1.97 bits per heavy atom. The van der Waals surface area contributed by atoms with E-state index in [0.717, 1.165) is 30.0 Å². The number of hydrogen-bond donors (Lipinski definition) is 1. The minimum atomic E-state index is -0.141. The molecular weight excluding hydrogens is 412 g/mol. The summed E-state index contributed by atoms with van der Waals surface area (Å²) in [5.41, 5.74) is 4.84. The number of rotatable bonds is 6. The minimum Gasteiger partial charge on any atom is -0.381 e. The number of aryl methyl sites for hydroxylation is 1. The van der Waals surface area contributed by atoms with Crippen LogP contribution in [0.1, 0.15) is 41.5 Å². The van der Waals surface area contributed by atoms with Crippen LogP contribution in [-0.2, 0) is 17.7 Å². The van der Waals surface area contributed by atoms with Gasteiger partial charge in [-0.15, -0.1) is 0 Å². The smallest absolute Gasteiger partial charge is 0.270 e. The molecule has 1 N–H and O–H groups in total. The Morgan fingerprint density at radius 3 is 2.65 bits per heavy atom. The third-order valence-electron chi connectivity index (χ3n) is 6.67. The zero-order chi connectivity index (χ0) is 21.6. The van der Waals surface area contributed by atoms with Crippen molar-refractivity contribution in [2.24, 2.45) is 5.41 Å². The van der Waals surface area contributed by atoms with Gasteiger partial charge in [-0.05, 0) is 49.1 Å². The Labute approximate surface area is 187 Å². The minimum absolute atomic E-state index is 0.141. The molecule has 1 saturated carbocycles. The Morgan fingerprint density at radius 1 is 1.23 bits per heavy atom. The van der Waals surface area contributed by atoms with Gasteiger partial charge in [-0.3, -0.25) is 9.20 Å². The molecule has 1 aliphatic carbocycles. The van der Waals surface area contributed by atoms with E-state index in [2.05, 4.69) is 39.5 Å². The maximum absolute atomic E-state index is 12.9. The molecule has 6 nitrogen and oxygen atoms in total. The molecule has 162 valence electrons. The number of fused-ring (bicyclic) bond motifs is 1. The zero-order valence-corrected chi connectivity index (χ0v) is 18.7. The molecule has 1 amide bonds. The van der Waals surface area contributed by atoms with E-state index in [4.69, 9.17) is 16.3 Å². The summed E-state index contributed by atoms with van der Waals surface area (Å²) in [7, 11) is 1.80. The van der Waals surface area contributed by atoms with Crippen molar-refractivity contribution in [1.82, 2.24) is 14.7 Å². The summed E-state index contributed by atoms with van der Waals surface area (Å²) in [4.78, 5) is 19.9. The number of anilines is 1. The normalized spacial score (nSPS) is 17.6. The van der Waals surface area contributed by atoms with Crippen molar-refractivity contribution in [2.75, 3.05) is 25.1 Å². The summed E-state index contributed by atoms with van der Waals surface area (Å²) >= 11 is 6.13. The number of amides is 1. The van der Waals surface area contributed by atoms with Gasteiger partial charge in [0, 0.05) is 44.0 Å². The standard InChI is InChI=1S/C24H27ClN4O2/c1-3-20-22(29-13-17(25)6-9-21(29)27-20)23(30)26-12-16-4-7-18(8-5-16)28-14-24(15-28)10-19(11-24)31-2/h4-9,13,19H,3,10-12,14-15H2,1-2H3,(H,26,30). The molecule has 2 fully saturated rings. The molecule has 0 bridgehead atoms. The molecule has 3 aromatic rings. The lowest BCUT2D eigenvalue weighted by Crippen LogP contribution is -2.64. The second-order valence-corrected chi connectivity index (χ2v) is 9.24. The summed E-state index contributed by atoms with van der Waals surface area (Å²) in [6.45, 7) is 4.69. The number of methoxy groups -OCH3 is 1.